The number of ether oxygens (including phenoxy) is 2. The first-order valence-corrected chi connectivity index (χ1v) is 12.9. The van der Waals surface area contributed by atoms with Crippen LogP contribution in [0, 0.1) is 5.92 Å². The van der Waals surface area contributed by atoms with E-state index >= 15 is 0 Å². The first-order chi connectivity index (χ1) is 13.8. The molecule has 0 fully saturated rings. The molecular formula is C23H31NO4Si. The quantitative estimate of drug-likeness (QED) is 0.484. The summed E-state index contributed by atoms with van der Waals surface area (Å²) in [6.45, 7) is 7.04. The summed E-state index contributed by atoms with van der Waals surface area (Å²) in [7, 11) is 1.08. The van der Waals surface area contributed by atoms with Gasteiger partial charge < -0.3 is 14.4 Å². The second kappa shape index (κ2) is 10.3. The predicted octanol–water partition coefficient (Wildman–Crippen LogP) is 4.05. The molecule has 1 amide bonds. The number of hydrogen-bond donors (Lipinski definition) is 0. The van der Waals surface area contributed by atoms with Crippen molar-refractivity contribution in [2.24, 2.45) is 5.92 Å². The number of hydrogen-bond acceptors (Lipinski definition) is 4. The molecule has 0 aliphatic heterocycles. The summed E-state index contributed by atoms with van der Waals surface area (Å²) in [6.07, 6.45) is -0.450. The first-order valence-electron chi connectivity index (χ1n) is 9.82. The van der Waals surface area contributed by atoms with Crippen molar-refractivity contribution in [1.29, 1.82) is 0 Å². The molecule has 0 saturated carbocycles. The third-order valence-corrected chi connectivity index (χ3v) is 10.3. The number of esters is 1. The normalized spacial score (nSPS) is 13.3. The van der Waals surface area contributed by atoms with Crippen LogP contribution < -0.4 is 5.19 Å². The maximum absolute atomic E-state index is 12.6. The van der Waals surface area contributed by atoms with E-state index in [1.807, 2.05) is 48.5 Å². The monoisotopic (exact) mass is 413 g/mol. The standard InChI is InChI=1S/C23H31NO4Si/c1-18(29(4,5)20-14-10-7-11-15-20)21(22(25)27-3)16-24(2)23(26)28-17-19-12-8-6-9-13-19/h6-15,18,21H,16-17H2,1-5H3/t18-,21-/m0/s1. The second-order valence-corrected chi connectivity index (χ2v) is 12.9. The summed E-state index contributed by atoms with van der Waals surface area (Å²) in [4.78, 5) is 26.5. The fraction of sp³-hybridized carbons (Fsp3) is 0.391. The first kappa shape index (κ1) is 22.7. The van der Waals surface area contributed by atoms with Gasteiger partial charge in [-0.15, -0.1) is 0 Å². The Hall–Kier alpha value is -2.60. The third kappa shape index (κ3) is 5.94. The van der Waals surface area contributed by atoms with Crippen molar-refractivity contribution >= 4 is 25.3 Å². The number of carbonyl (C=O) groups is 2. The Balaban J connectivity index is 2.09. The Morgan fingerprint density at radius 3 is 2.10 bits per heavy atom. The molecule has 0 aliphatic rings. The highest BCUT2D eigenvalue weighted by Crippen LogP contribution is 2.31. The lowest BCUT2D eigenvalue weighted by Gasteiger charge is -2.36. The van der Waals surface area contributed by atoms with Crippen molar-refractivity contribution in [1.82, 2.24) is 4.90 Å². The molecule has 2 rings (SSSR count). The van der Waals surface area contributed by atoms with Crippen LogP contribution in [0.25, 0.3) is 0 Å². The van der Waals surface area contributed by atoms with Gasteiger partial charge in [0.1, 0.15) is 6.61 Å². The Labute approximate surface area is 174 Å². The highest BCUT2D eigenvalue weighted by molar-refractivity contribution is 6.91. The molecule has 2 aromatic carbocycles. The Kier molecular flexibility index (Phi) is 8.02. The van der Waals surface area contributed by atoms with Gasteiger partial charge in [0.2, 0.25) is 0 Å². The van der Waals surface area contributed by atoms with Crippen LogP contribution in [0.3, 0.4) is 0 Å². The molecule has 0 aliphatic carbocycles. The van der Waals surface area contributed by atoms with Gasteiger partial charge in [0.25, 0.3) is 0 Å². The van der Waals surface area contributed by atoms with Crippen LogP contribution in [0.15, 0.2) is 60.7 Å². The molecule has 0 bridgehead atoms. The summed E-state index contributed by atoms with van der Waals surface area (Å²) in [5, 5.41) is 1.27. The number of nitrogens with zero attached hydrogens (tertiary/aromatic N) is 1. The number of benzene rings is 2. The molecule has 156 valence electrons. The van der Waals surface area contributed by atoms with Crippen LogP contribution >= 0.6 is 0 Å². The van der Waals surface area contributed by atoms with Crippen molar-refractivity contribution in [3.8, 4) is 0 Å². The van der Waals surface area contributed by atoms with E-state index in [0.717, 1.165) is 5.56 Å². The third-order valence-electron chi connectivity index (χ3n) is 5.75. The van der Waals surface area contributed by atoms with Crippen LogP contribution in [-0.2, 0) is 20.9 Å². The topological polar surface area (TPSA) is 55.8 Å². The Morgan fingerprint density at radius 1 is 1.00 bits per heavy atom. The molecule has 0 heterocycles. The molecule has 2 atom stereocenters. The summed E-state index contributed by atoms with van der Waals surface area (Å²) < 4.78 is 10.5. The zero-order valence-corrected chi connectivity index (χ0v) is 18.9. The maximum atomic E-state index is 12.6. The highest BCUT2D eigenvalue weighted by atomic mass is 28.3. The summed E-state index contributed by atoms with van der Waals surface area (Å²) >= 11 is 0. The van der Waals surface area contributed by atoms with Crippen molar-refractivity contribution in [2.45, 2.75) is 32.2 Å². The minimum absolute atomic E-state index is 0.0710. The van der Waals surface area contributed by atoms with Crippen LogP contribution in [0.2, 0.25) is 18.6 Å². The molecule has 0 saturated heterocycles. The molecule has 6 heteroatoms. The average molecular weight is 414 g/mol. The van der Waals surface area contributed by atoms with Gasteiger partial charge in [-0.05, 0) is 11.1 Å². The lowest BCUT2D eigenvalue weighted by Crippen LogP contribution is -2.51. The largest absolute Gasteiger partial charge is 0.469 e. The van der Waals surface area contributed by atoms with E-state index in [-0.39, 0.29) is 24.7 Å². The minimum Gasteiger partial charge on any atom is -0.469 e. The summed E-state index contributed by atoms with van der Waals surface area (Å²) in [5.74, 6) is -0.715. The van der Waals surface area contributed by atoms with E-state index in [4.69, 9.17) is 9.47 Å². The van der Waals surface area contributed by atoms with Gasteiger partial charge in [-0.1, -0.05) is 85.9 Å². The molecule has 2 aromatic rings. The van der Waals surface area contributed by atoms with E-state index in [2.05, 4.69) is 32.2 Å². The molecule has 29 heavy (non-hydrogen) atoms. The number of rotatable bonds is 8. The van der Waals surface area contributed by atoms with Crippen LogP contribution in [0.5, 0.6) is 0 Å². The van der Waals surface area contributed by atoms with Gasteiger partial charge in [-0.2, -0.15) is 0 Å². The Bertz CT molecular complexity index is 795. The van der Waals surface area contributed by atoms with Gasteiger partial charge in [-0.25, -0.2) is 4.79 Å². The van der Waals surface area contributed by atoms with E-state index in [0.29, 0.717) is 0 Å². The lowest BCUT2D eigenvalue weighted by atomic mass is 10.1. The van der Waals surface area contributed by atoms with Gasteiger partial charge in [0, 0.05) is 13.6 Å². The highest BCUT2D eigenvalue weighted by Gasteiger charge is 2.40. The van der Waals surface area contributed by atoms with Crippen molar-refractivity contribution < 1.29 is 19.1 Å². The molecule has 0 radical (unpaired) electrons. The lowest BCUT2D eigenvalue weighted by molar-refractivity contribution is -0.146. The van der Waals surface area contributed by atoms with Crippen LogP contribution in [-0.4, -0.2) is 45.7 Å². The second-order valence-electron chi connectivity index (χ2n) is 7.93. The summed E-state index contributed by atoms with van der Waals surface area (Å²) in [6, 6.07) is 19.8. The van der Waals surface area contributed by atoms with Crippen LogP contribution in [0.1, 0.15) is 12.5 Å². The maximum Gasteiger partial charge on any atom is 0.409 e. The number of amides is 1. The molecule has 0 N–H and O–H groups in total. The van der Waals surface area contributed by atoms with E-state index in [1.165, 1.54) is 17.2 Å². The van der Waals surface area contributed by atoms with Gasteiger partial charge in [-0.3, -0.25) is 4.79 Å². The molecule has 5 nitrogen and oxygen atoms in total. The average Bonchev–Trinajstić information content (AvgIpc) is 2.75. The van der Waals surface area contributed by atoms with Crippen molar-refractivity contribution in [2.75, 3.05) is 20.7 Å². The fourth-order valence-electron chi connectivity index (χ4n) is 3.42. The minimum atomic E-state index is -1.98. The smallest absolute Gasteiger partial charge is 0.409 e. The molecule has 0 aromatic heterocycles. The van der Waals surface area contributed by atoms with Crippen molar-refractivity contribution in [3.63, 3.8) is 0 Å². The van der Waals surface area contributed by atoms with E-state index < -0.39 is 20.1 Å². The zero-order valence-electron chi connectivity index (χ0n) is 17.9. The Morgan fingerprint density at radius 2 is 1.55 bits per heavy atom. The van der Waals surface area contributed by atoms with Crippen molar-refractivity contribution in [3.05, 3.63) is 66.2 Å². The molecule has 0 unspecified atom stereocenters. The zero-order chi connectivity index (χ0) is 21.4. The SMILES string of the molecule is COC(=O)[C@@H](CN(C)C(=O)OCc1ccccc1)[C@H](C)[Si](C)(C)c1ccccc1. The number of methoxy groups -OCH3 is 1. The van der Waals surface area contributed by atoms with E-state index in [1.54, 1.807) is 7.05 Å². The number of carbonyl (C=O) groups excluding carboxylic acids is 2. The predicted molar refractivity (Wildman–Crippen MR) is 118 cm³/mol. The van der Waals surface area contributed by atoms with Gasteiger partial charge in [0.05, 0.1) is 21.1 Å². The fourth-order valence-corrected chi connectivity index (χ4v) is 6.25. The van der Waals surface area contributed by atoms with Gasteiger partial charge >= 0.3 is 12.1 Å². The van der Waals surface area contributed by atoms with E-state index in [9.17, 15) is 9.59 Å². The summed E-state index contributed by atoms with van der Waals surface area (Å²) in [5.41, 5.74) is 0.992. The van der Waals surface area contributed by atoms with Crippen LogP contribution in [0.4, 0.5) is 4.79 Å². The van der Waals surface area contributed by atoms with Gasteiger partial charge in [0.15, 0.2) is 0 Å². The molecule has 0 spiro atoms. The molecular weight excluding hydrogens is 382 g/mol.